The Morgan fingerprint density at radius 3 is 2.60 bits per heavy atom. The van der Waals surface area contributed by atoms with Crippen molar-refractivity contribution in [2.45, 2.75) is 64.5 Å². The molecule has 1 aliphatic carbocycles. The van der Waals surface area contributed by atoms with Crippen LogP contribution in [0.25, 0.3) is 6.08 Å². The van der Waals surface area contributed by atoms with E-state index in [2.05, 4.69) is 31.3 Å². The van der Waals surface area contributed by atoms with Gasteiger partial charge in [0.15, 0.2) is 5.11 Å². The quantitative estimate of drug-likeness (QED) is 0.499. The van der Waals surface area contributed by atoms with E-state index in [-0.39, 0.29) is 11.9 Å². The third-order valence-electron chi connectivity index (χ3n) is 5.75. The van der Waals surface area contributed by atoms with Crippen molar-refractivity contribution in [1.29, 1.82) is 0 Å². The first-order valence-corrected chi connectivity index (χ1v) is 11.1. The highest BCUT2D eigenvalue weighted by Crippen LogP contribution is 2.27. The molecule has 4 rings (SSSR count). The van der Waals surface area contributed by atoms with Gasteiger partial charge in [-0.15, -0.1) is 0 Å². The van der Waals surface area contributed by atoms with E-state index < -0.39 is 0 Å². The highest BCUT2D eigenvalue weighted by Gasteiger charge is 2.36. The average Bonchev–Trinajstić information content (AvgIpc) is 3.31. The van der Waals surface area contributed by atoms with Gasteiger partial charge in [0.05, 0.1) is 0 Å². The second-order valence-corrected chi connectivity index (χ2v) is 8.66. The molecule has 2 fully saturated rings. The Morgan fingerprint density at radius 1 is 1.17 bits per heavy atom. The molecule has 2 aliphatic rings. The Labute approximate surface area is 183 Å². The molecular formula is C24H28N2O3S. The predicted molar refractivity (Wildman–Crippen MR) is 121 cm³/mol. The van der Waals surface area contributed by atoms with E-state index in [0.29, 0.717) is 34.9 Å². The number of furan rings is 1. The molecule has 1 N–H and O–H groups in total. The van der Waals surface area contributed by atoms with Crippen LogP contribution in [0.5, 0.6) is 5.75 Å². The largest absolute Gasteiger partial charge is 0.486 e. The fourth-order valence-electron chi connectivity index (χ4n) is 4.01. The number of ether oxygens (including phenoxy) is 1. The molecule has 1 aliphatic heterocycles. The lowest BCUT2D eigenvalue weighted by Crippen LogP contribution is -2.41. The van der Waals surface area contributed by atoms with Crippen LogP contribution in [0.1, 0.15) is 69.0 Å². The topological polar surface area (TPSA) is 54.7 Å². The van der Waals surface area contributed by atoms with Gasteiger partial charge in [0.2, 0.25) is 0 Å². The Balaban J connectivity index is 1.38. The third kappa shape index (κ3) is 4.59. The van der Waals surface area contributed by atoms with Crippen molar-refractivity contribution in [3.63, 3.8) is 0 Å². The second-order valence-electron chi connectivity index (χ2n) is 8.27. The lowest BCUT2D eigenvalue weighted by molar-refractivity contribution is -0.124. The summed E-state index contributed by atoms with van der Waals surface area (Å²) in [4.78, 5) is 14.6. The summed E-state index contributed by atoms with van der Waals surface area (Å²) in [5.74, 6) is 2.54. The van der Waals surface area contributed by atoms with Crippen molar-refractivity contribution in [2.24, 2.45) is 0 Å². The Hall–Kier alpha value is -2.60. The van der Waals surface area contributed by atoms with E-state index in [1.807, 2.05) is 24.3 Å². The molecule has 30 heavy (non-hydrogen) atoms. The minimum absolute atomic E-state index is 0.0636. The van der Waals surface area contributed by atoms with Crippen LogP contribution >= 0.6 is 12.2 Å². The van der Waals surface area contributed by atoms with Crippen molar-refractivity contribution in [1.82, 2.24) is 10.2 Å². The molecule has 1 saturated carbocycles. The van der Waals surface area contributed by atoms with Gasteiger partial charge < -0.3 is 14.5 Å². The summed E-state index contributed by atoms with van der Waals surface area (Å²) in [7, 11) is 0. The molecule has 1 aromatic carbocycles. The molecule has 5 nitrogen and oxygen atoms in total. The van der Waals surface area contributed by atoms with Crippen LogP contribution in [-0.2, 0) is 11.4 Å². The predicted octanol–water partition coefficient (Wildman–Crippen LogP) is 5.37. The zero-order valence-corrected chi connectivity index (χ0v) is 18.3. The Kier molecular flexibility index (Phi) is 6.23. The molecule has 0 atom stereocenters. The number of hydrogen-bond acceptors (Lipinski definition) is 4. The molecular weight excluding hydrogens is 396 g/mol. The fourth-order valence-corrected chi connectivity index (χ4v) is 4.36. The molecule has 2 heterocycles. The van der Waals surface area contributed by atoms with Crippen molar-refractivity contribution in [3.8, 4) is 5.75 Å². The summed E-state index contributed by atoms with van der Waals surface area (Å²) in [5, 5.41) is 3.56. The van der Waals surface area contributed by atoms with Gasteiger partial charge in [-0.05, 0) is 60.8 Å². The van der Waals surface area contributed by atoms with Crippen molar-refractivity contribution in [3.05, 3.63) is 59.2 Å². The number of carbonyl (C=O) groups excluding carboxylic acids is 1. The number of thiocarbonyl (C=S) groups is 1. The number of rotatable bonds is 6. The SMILES string of the molecule is CC(C)c1ccc(OCc2ccc(/C=C3/NC(=S)N(C4CCCCC4)C3=O)o2)cc1. The van der Waals surface area contributed by atoms with Crippen molar-refractivity contribution < 1.29 is 13.9 Å². The van der Waals surface area contributed by atoms with Gasteiger partial charge in [-0.1, -0.05) is 45.2 Å². The minimum Gasteiger partial charge on any atom is -0.486 e. The molecule has 1 aromatic heterocycles. The molecule has 1 amide bonds. The van der Waals surface area contributed by atoms with E-state index in [0.717, 1.165) is 31.4 Å². The highest BCUT2D eigenvalue weighted by molar-refractivity contribution is 7.80. The summed E-state index contributed by atoms with van der Waals surface area (Å²) in [6.07, 6.45) is 7.29. The number of benzene rings is 1. The molecule has 2 aromatic rings. The van der Waals surface area contributed by atoms with Crippen LogP contribution < -0.4 is 10.1 Å². The molecule has 158 valence electrons. The van der Waals surface area contributed by atoms with Crippen molar-refractivity contribution >= 4 is 29.3 Å². The van der Waals surface area contributed by atoms with E-state index in [1.54, 1.807) is 11.0 Å². The monoisotopic (exact) mass is 424 g/mol. The van der Waals surface area contributed by atoms with Gasteiger partial charge >= 0.3 is 0 Å². The van der Waals surface area contributed by atoms with E-state index in [4.69, 9.17) is 21.4 Å². The van der Waals surface area contributed by atoms with Gasteiger partial charge in [0.1, 0.15) is 29.6 Å². The smallest absolute Gasteiger partial charge is 0.276 e. The van der Waals surface area contributed by atoms with Crippen LogP contribution in [-0.4, -0.2) is 22.0 Å². The molecule has 0 bridgehead atoms. The molecule has 0 spiro atoms. The second kappa shape index (κ2) is 9.04. The summed E-state index contributed by atoms with van der Waals surface area (Å²) in [5.41, 5.74) is 1.75. The number of nitrogens with zero attached hydrogens (tertiary/aromatic N) is 1. The summed E-state index contributed by atoms with van der Waals surface area (Å²) in [6.45, 7) is 4.66. The first-order chi connectivity index (χ1) is 14.5. The maximum absolute atomic E-state index is 12.9. The molecule has 0 radical (unpaired) electrons. The third-order valence-corrected chi connectivity index (χ3v) is 6.05. The van der Waals surface area contributed by atoms with E-state index in [1.165, 1.54) is 12.0 Å². The molecule has 1 saturated heterocycles. The average molecular weight is 425 g/mol. The number of carbonyl (C=O) groups is 1. The van der Waals surface area contributed by atoms with Crippen LogP contribution in [0.2, 0.25) is 0 Å². The molecule has 0 unspecified atom stereocenters. The molecule has 6 heteroatoms. The van der Waals surface area contributed by atoms with Gasteiger partial charge in [-0.2, -0.15) is 0 Å². The Morgan fingerprint density at radius 2 is 1.90 bits per heavy atom. The lowest BCUT2D eigenvalue weighted by Gasteiger charge is -2.29. The Bertz CT molecular complexity index is 940. The number of amides is 1. The number of hydrogen-bond donors (Lipinski definition) is 1. The van der Waals surface area contributed by atoms with Crippen LogP contribution in [0.3, 0.4) is 0 Å². The standard InChI is InChI=1S/C24H28N2O3S/c1-16(2)17-8-10-19(11-9-17)28-15-21-13-12-20(29-21)14-22-23(27)26(24(30)25-22)18-6-4-3-5-7-18/h8-14,16,18H,3-7,15H2,1-2H3,(H,25,30)/b22-14+. The van der Waals surface area contributed by atoms with Crippen LogP contribution in [0.4, 0.5) is 0 Å². The normalized spacial score (nSPS) is 19.0. The zero-order chi connectivity index (χ0) is 21.1. The maximum atomic E-state index is 12.9. The van der Waals surface area contributed by atoms with E-state index in [9.17, 15) is 4.79 Å². The first-order valence-electron chi connectivity index (χ1n) is 10.7. The summed E-state index contributed by atoms with van der Waals surface area (Å²) < 4.78 is 11.7. The van der Waals surface area contributed by atoms with Gasteiger partial charge in [0, 0.05) is 12.1 Å². The minimum atomic E-state index is -0.0636. The summed E-state index contributed by atoms with van der Waals surface area (Å²) >= 11 is 5.42. The van der Waals surface area contributed by atoms with Gasteiger partial charge in [-0.3, -0.25) is 9.69 Å². The van der Waals surface area contributed by atoms with E-state index >= 15 is 0 Å². The fraction of sp³-hybridized carbons (Fsp3) is 0.417. The van der Waals surface area contributed by atoms with Crippen LogP contribution in [0, 0.1) is 0 Å². The maximum Gasteiger partial charge on any atom is 0.276 e. The lowest BCUT2D eigenvalue weighted by atomic mass is 9.94. The van der Waals surface area contributed by atoms with Gasteiger partial charge in [0.25, 0.3) is 5.91 Å². The van der Waals surface area contributed by atoms with Crippen LogP contribution in [0.15, 0.2) is 46.5 Å². The highest BCUT2D eigenvalue weighted by atomic mass is 32.1. The van der Waals surface area contributed by atoms with Gasteiger partial charge in [-0.25, -0.2) is 0 Å². The zero-order valence-electron chi connectivity index (χ0n) is 17.5. The summed E-state index contributed by atoms with van der Waals surface area (Å²) in [6, 6.07) is 12.0. The van der Waals surface area contributed by atoms with Crippen molar-refractivity contribution in [2.75, 3.05) is 0 Å². The first kappa shape index (κ1) is 20.7. The number of nitrogens with one attached hydrogen (secondary N) is 1.